The number of aromatic hydroxyl groups is 2. The Morgan fingerprint density at radius 1 is 0.404 bits per heavy atom. The molecular formula is C75H60N10O2Pt2. The summed E-state index contributed by atoms with van der Waals surface area (Å²) in [4.78, 5) is 25.6. The quantitative estimate of drug-likeness (QED) is 0.156. The largest absolute Gasteiger partial charge is 2.00 e. The van der Waals surface area contributed by atoms with Crippen molar-refractivity contribution in [2.45, 2.75) is 20.8 Å². The van der Waals surface area contributed by atoms with E-state index < -0.39 is 0 Å². The summed E-state index contributed by atoms with van der Waals surface area (Å²) in [5, 5.41) is 25.7. The number of hydrogen-bond donors (Lipinski definition) is 2. The molecule has 2 aliphatic heterocycles. The van der Waals surface area contributed by atoms with Crippen LogP contribution in [0.2, 0.25) is 0 Å². The number of anilines is 6. The van der Waals surface area contributed by atoms with Gasteiger partial charge in [-0.3, -0.25) is 0 Å². The Kier molecular flexibility index (Phi) is 18.2. The van der Waals surface area contributed by atoms with Gasteiger partial charge in [0.25, 0.3) is 0 Å². The van der Waals surface area contributed by atoms with E-state index >= 15 is 0 Å². The van der Waals surface area contributed by atoms with Gasteiger partial charge in [-0.05, 0) is 119 Å². The third-order valence-electron chi connectivity index (χ3n) is 15.5. The number of fused-ring (bicyclic) bond motifs is 8. The minimum Gasteiger partial charge on any atom is -0.502 e. The Balaban J connectivity index is 0.000000125. The zero-order valence-electron chi connectivity index (χ0n) is 49.3. The summed E-state index contributed by atoms with van der Waals surface area (Å²) in [5.41, 5.74) is 17.1. The van der Waals surface area contributed by atoms with Gasteiger partial charge in [-0.25, -0.2) is 19.9 Å². The van der Waals surface area contributed by atoms with Gasteiger partial charge in [0.05, 0.1) is 22.1 Å². The van der Waals surface area contributed by atoms with E-state index in [0.29, 0.717) is 0 Å². The molecule has 0 saturated carbocycles. The standard InChI is InChI=1S/2C24H18N2O.C14H13N3.C13H11N3.2Pt/c2*1-16-14-15-21(24(27)25-16)20-12-7-11-19-18-10-5-6-13-22(18)26(23(19)20)17-8-3-2-4-9-17;1-11-8-13-14(15-9-11)17(10-16(13)2)12-6-4-3-5-7-12;1-15-10-16(11-6-3-2-4-7-11)13-12(15)8-5-9-14-13;;/h2*2-15H,1H3,(H,25,27);3-6,8-10H,1-2H3;2-6,8-10H,1H3;;/q;;2*-2;2*+2. The Morgan fingerprint density at radius 3 is 1.31 bits per heavy atom. The van der Waals surface area contributed by atoms with E-state index in [-0.39, 0.29) is 53.9 Å². The minimum atomic E-state index is 0. The maximum Gasteiger partial charge on any atom is 2.00 e. The molecule has 0 radical (unpaired) electrons. The molecule has 0 bridgehead atoms. The molecule has 6 aromatic heterocycles. The van der Waals surface area contributed by atoms with Gasteiger partial charge in [0, 0.05) is 90.3 Å². The van der Waals surface area contributed by atoms with E-state index in [2.05, 4.69) is 160 Å². The average Bonchev–Trinajstić information content (AvgIpc) is 2.26. The zero-order chi connectivity index (χ0) is 59.5. The van der Waals surface area contributed by atoms with Crippen LogP contribution in [0.4, 0.5) is 34.4 Å². The summed E-state index contributed by atoms with van der Waals surface area (Å²) in [7, 11) is 4.05. The molecule has 14 aromatic rings. The molecule has 2 aliphatic rings. The van der Waals surface area contributed by atoms with Crippen molar-refractivity contribution in [1.29, 1.82) is 0 Å². The van der Waals surface area contributed by atoms with E-state index in [1.165, 1.54) is 16.3 Å². The summed E-state index contributed by atoms with van der Waals surface area (Å²) in [6.45, 7) is 9.86. The summed E-state index contributed by atoms with van der Waals surface area (Å²) in [6.07, 6.45) is 3.70. The smallest absolute Gasteiger partial charge is 0.502 e. The molecule has 8 aromatic carbocycles. The van der Waals surface area contributed by atoms with Crippen LogP contribution in [0.15, 0.2) is 249 Å². The summed E-state index contributed by atoms with van der Waals surface area (Å²) >= 11 is 0. The molecule has 442 valence electrons. The minimum absolute atomic E-state index is 0. The number of aromatic nitrogens is 6. The molecule has 14 heteroatoms. The summed E-state index contributed by atoms with van der Waals surface area (Å²) in [6, 6.07) is 86.0. The molecular weight excluding hydrogens is 1460 g/mol. The van der Waals surface area contributed by atoms with Gasteiger partial charge < -0.3 is 38.9 Å². The van der Waals surface area contributed by atoms with Crippen LogP contribution in [0.5, 0.6) is 11.8 Å². The molecule has 8 heterocycles. The molecule has 0 fully saturated rings. The van der Waals surface area contributed by atoms with Crippen LogP contribution in [0.25, 0.3) is 77.2 Å². The van der Waals surface area contributed by atoms with Crippen molar-refractivity contribution in [3.63, 3.8) is 0 Å². The zero-order valence-corrected chi connectivity index (χ0v) is 53.9. The average molecular weight is 1520 g/mol. The van der Waals surface area contributed by atoms with Gasteiger partial charge in [-0.15, -0.1) is 11.4 Å². The Labute approximate surface area is 546 Å². The molecule has 0 spiro atoms. The molecule has 89 heavy (non-hydrogen) atoms. The first-order valence-electron chi connectivity index (χ1n) is 28.7. The Bertz CT molecular complexity index is 4570. The molecule has 0 unspecified atom stereocenters. The van der Waals surface area contributed by atoms with E-state index in [0.717, 1.165) is 112 Å². The van der Waals surface area contributed by atoms with Gasteiger partial charge >= 0.3 is 42.1 Å². The fourth-order valence-electron chi connectivity index (χ4n) is 11.5. The normalized spacial score (nSPS) is 12.1. The van der Waals surface area contributed by atoms with E-state index in [9.17, 15) is 10.2 Å². The predicted molar refractivity (Wildman–Crippen MR) is 354 cm³/mol. The van der Waals surface area contributed by atoms with Crippen LogP contribution in [0.3, 0.4) is 0 Å². The number of para-hydroxylation sites is 8. The van der Waals surface area contributed by atoms with Crippen molar-refractivity contribution >= 4 is 78.0 Å². The first-order valence-corrected chi connectivity index (χ1v) is 28.7. The van der Waals surface area contributed by atoms with Crippen molar-refractivity contribution in [1.82, 2.24) is 29.1 Å². The fraction of sp³-hybridized carbons (Fsp3) is 0.0667. The molecule has 12 nitrogen and oxygen atoms in total. The second kappa shape index (κ2) is 26.6. The van der Waals surface area contributed by atoms with Crippen molar-refractivity contribution < 1.29 is 52.3 Å². The second-order valence-corrected chi connectivity index (χ2v) is 21.3. The van der Waals surface area contributed by atoms with Crippen LogP contribution in [0, 0.1) is 46.2 Å². The van der Waals surface area contributed by atoms with Gasteiger partial charge in [0.2, 0.25) is 11.8 Å². The number of rotatable bonds is 6. The fourth-order valence-corrected chi connectivity index (χ4v) is 11.5. The van der Waals surface area contributed by atoms with E-state index in [4.69, 9.17) is 0 Å². The number of benzene rings is 8. The summed E-state index contributed by atoms with van der Waals surface area (Å²) in [5.74, 6) is 2.03. The maximum atomic E-state index is 10.5. The molecule has 0 atom stereocenters. The number of pyridine rings is 4. The van der Waals surface area contributed by atoms with Gasteiger partial charge in [0.1, 0.15) is 11.6 Å². The van der Waals surface area contributed by atoms with Crippen molar-refractivity contribution in [3.8, 4) is 45.4 Å². The van der Waals surface area contributed by atoms with Crippen molar-refractivity contribution in [2.75, 3.05) is 33.7 Å². The second-order valence-electron chi connectivity index (χ2n) is 21.3. The van der Waals surface area contributed by atoms with Crippen LogP contribution in [0.1, 0.15) is 17.0 Å². The van der Waals surface area contributed by atoms with E-state index in [1.54, 1.807) is 0 Å². The molecule has 0 saturated heterocycles. The third-order valence-corrected chi connectivity index (χ3v) is 15.5. The molecule has 0 amide bonds. The van der Waals surface area contributed by atoms with Crippen LogP contribution < -0.4 is 19.6 Å². The SMILES string of the molecule is CN1[CH-]N(c2[c-]cccc2)c2ncccc21.Cc1ccc(-c2cccc3c4ccccc4n(-c4ccccc4)c23)c(O)n1.Cc1ccc(-c2cccc3c4ccccc4n(-c4ccccc4)c23)c(O)n1.Cc1cnc2c(c1)N(C)[CH-]N2c1[c-]cccc1.[Pt+2].[Pt+2]. The topological polar surface area (TPSA) is 115 Å². The van der Waals surface area contributed by atoms with Gasteiger partial charge in [0.15, 0.2) is 0 Å². The Hall–Kier alpha value is -9.86. The van der Waals surface area contributed by atoms with Crippen LogP contribution in [-0.4, -0.2) is 53.4 Å². The molecule has 0 aliphatic carbocycles. The number of aryl methyl sites for hydroxylation is 3. The van der Waals surface area contributed by atoms with Gasteiger partial charge in [-0.1, -0.05) is 109 Å². The molecule has 16 rings (SSSR count). The van der Waals surface area contributed by atoms with Gasteiger partial charge in [-0.2, -0.15) is 74.0 Å². The van der Waals surface area contributed by atoms with Crippen LogP contribution >= 0.6 is 0 Å². The molecule has 2 N–H and O–H groups in total. The predicted octanol–water partition coefficient (Wildman–Crippen LogP) is 17.2. The Morgan fingerprint density at radius 2 is 0.843 bits per heavy atom. The van der Waals surface area contributed by atoms with Crippen molar-refractivity contribution in [2.24, 2.45) is 0 Å². The number of nitrogens with zero attached hydrogens (tertiary/aromatic N) is 10. The third kappa shape index (κ3) is 12.0. The maximum absolute atomic E-state index is 10.5. The first kappa shape index (κ1) is 60.8. The van der Waals surface area contributed by atoms with E-state index in [1.807, 2.05) is 198 Å². The first-order chi connectivity index (χ1) is 42.6. The van der Waals surface area contributed by atoms with Crippen molar-refractivity contribution in [3.05, 3.63) is 291 Å². The van der Waals surface area contributed by atoms with Crippen LogP contribution in [-0.2, 0) is 42.1 Å². The monoisotopic (exact) mass is 1520 g/mol. The number of hydrogen-bond acceptors (Lipinski definition) is 10. The summed E-state index contributed by atoms with van der Waals surface area (Å²) < 4.78 is 4.53.